The maximum absolute atomic E-state index is 13.3. The molecule has 112 valence electrons. The Bertz CT molecular complexity index is 548. The second-order valence-corrected chi connectivity index (χ2v) is 5.63. The van der Waals surface area contributed by atoms with Gasteiger partial charge in [0, 0.05) is 0 Å². The lowest BCUT2D eigenvalue weighted by molar-refractivity contribution is 0.491. The summed E-state index contributed by atoms with van der Waals surface area (Å²) in [7, 11) is 1.97. The van der Waals surface area contributed by atoms with E-state index in [1.54, 1.807) is 12.1 Å². The Hall–Kier alpha value is -1.67. The number of hydrogen-bond acceptors (Lipinski definition) is 1. The van der Waals surface area contributed by atoms with Gasteiger partial charge in [-0.3, -0.25) is 0 Å². The van der Waals surface area contributed by atoms with Gasteiger partial charge in [0.15, 0.2) is 0 Å². The molecule has 0 fully saturated rings. The lowest BCUT2D eigenvalue weighted by Gasteiger charge is -2.17. The molecule has 0 aromatic heterocycles. The van der Waals surface area contributed by atoms with E-state index in [9.17, 15) is 4.39 Å². The number of nitrogens with one attached hydrogen (secondary N) is 1. The third-order valence-electron chi connectivity index (χ3n) is 3.86. The van der Waals surface area contributed by atoms with Crippen molar-refractivity contribution in [2.75, 3.05) is 13.6 Å². The van der Waals surface area contributed by atoms with Gasteiger partial charge in [-0.05, 0) is 67.6 Å². The first-order valence-electron chi connectivity index (χ1n) is 7.68. The maximum Gasteiger partial charge on any atom is 0.123 e. The Morgan fingerprint density at radius 2 is 1.62 bits per heavy atom. The molecule has 0 amide bonds. The third-order valence-corrected chi connectivity index (χ3v) is 3.86. The number of aryl methyl sites for hydroxylation is 1. The Kier molecular flexibility index (Phi) is 5.94. The van der Waals surface area contributed by atoms with Gasteiger partial charge in [-0.1, -0.05) is 43.3 Å². The summed E-state index contributed by atoms with van der Waals surface area (Å²) in [5, 5.41) is 3.25. The quantitative estimate of drug-likeness (QED) is 0.810. The topological polar surface area (TPSA) is 12.0 Å². The lowest BCUT2D eigenvalue weighted by Crippen LogP contribution is -2.22. The van der Waals surface area contributed by atoms with Crippen LogP contribution < -0.4 is 5.32 Å². The van der Waals surface area contributed by atoms with Gasteiger partial charge in [0.05, 0.1) is 0 Å². The van der Waals surface area contributed by atoms with E-state index in [0.29, 0.717) is 5.92 Å². The summed E-state index contributed by atoms with van der Waals surface area (Å²) in [5.74, 6) is 0.326. The van der Waals surface area contributed by atoms with Gasteiger partial charge in [-0.15, -0.1) is 0 Å². The molecule has 1 N–H and O–H groups in total. The second kappa shape index (κ2) is 7.94. The summed E-state index contributed by atoms with van der Waals surface area (Å²) >= 11 is 0. The van der Waals surface area contributed by atoms with Crippen molar-refractivity contribution >= 4 is 0 Å². The normalized spacial score (nSPS) is 12.3. The highest BCUT2D eigenvalue weighted by Crippen LogP contribution is 2.16. The Morgan fingerprint density at radius 3 is 2.24 bits per heavy atom. The Labute approximate surface area is 127 Å². The molecule has 0 bridgehead atoms. The van der Waals surface area contributed by atoms with Crippen LogP contribution in [0.4, 0.5) is 4.39 Å². The molecule has 0 radical (unpaired) electrons. The van der Waals surface area contributed by atoms with Gasteiger partial charge < -0.3 is 5.32 Å². The fourth-order valence-corrected chi connectivity index (χ4v) is 2.75. The number of hydrogen-bond donors (Lipinski definition) is 1. The van der Waals surface area contributed by atoms with Gasteiger partial charge in [0.25, 0.3) is 0 Å². The van der Waals surface area contributed by atoms with E-state index in [0.717, 1.165) is 31.4 Å². The highest BCUT2D eigenvalue weighted by molar-refractivity contribution is 5.24. The molecule has 1 unspecified atom stereocenters. The highest BCUT2D eigenvalue weighted by atomic mass is 19.1. The summed E-state index contributed by atoms with van der Waals surface area (Å²) < 4.78 is 13.3. The Balaban J connectivity index is 2.04. The van der Waals surface area contributed by atoms with Crippen LogP contribution in [0.1, 0.15) is 23.6 Å². The van der Waals surface area contributed by atoms with Gasteiger partial charge in [-0.25, -0.2) is 4.39 Å². The molecule has 0 saturated carbocycles. The van der Waals surface area contributed by atoms with E-state index < -0.39 is 0 Å². The molecule has 21 heavy (non-hydrogen) atoms. The third kappa shape index (κ3) is 4.98. The van der Waals surface area contributed by atoms with Crippen LogP contribution in [-0.4, -0.2) is 13.6 Å². The van der Waals surface area contributed by atoms with E-state index >= 15 is 0 Å². The van der Waals surface area contributed by atoms with Gasteiger partial charge in [0.1, 0.15) is 5.82 Å². The van der Waals surface area contributed by atoms with Crippen LogP contribution in [0.15, 0.2) is 48.5 Å². The zero-order chi connectivity index (χ0) is 15.1. The standard InChI is InChI=1S/C19H24FN/c1-3-15-7-9-16(10-8-15)11-18(14-21-2)12-17-5-4-6-19(20)13-17/h4-10,13,18,21H,3,11-12,14H2,1-2H3. The SMILES string of the molecule is CCc1ccc(CC(CNC)Cc2cccc(F)c2)cc1. The van der Waals surface area contributed by atoms with Crippen molar-refractivity contribution in [1.82, 2.24) is 5.32 Å². The van der Waals surface area contributed by atoms with Crippen LogP contribution in [0.25, 0.3) is 0 Å². The summed E-state index contributed by atoms with van der Waals surface area (Å²) in [6.07, 6.45) is 2.99. The minimum Gasteiger partial charge on any atom is -0.319 e. The molecule has 2 aromatic rings. The van der Waals surface area contributed by atoms with Gasteiger partial charge in [-0.2, -0.15) is 0 Å². The van der Waals surface area contributed by atoms with Gasteiger partial charge >= 0.3 is 0 Å². The molecular formula is C19H24FN. The van der Waals surface area contributed by atoms with Crippen LogP contribution in [0.3, 0.4) is 0 Å². The fraction of sp³-hybridized carbons (Fsp3) is 0.368. The zero-order valence-electron chi connectivity index (χ0n) is 12.9. The first kappa shape index (κ1) is 15.7. The monoisotopic (exact) mass is 285 g/mol. The molecule has 2 heteroatoms. The number of halogens is 1. The smallest absolute Gasteiger partial charge is 0.123 e. The molecular weight excluding hydrogens is 261 g/mol. The molecule has 0 spiro atoms. The van der Waals surface area contributed by atoms with Crippen LogP contribution in [0.2, 0.25) is 0 Å². The van der Waals surface area contributed by atoms with Crippen molar-refractivity contribution in [2.24, 2.45) is 5.92 Å². The first-order chi connectivity index (χ1) is 10.2. The van der Waals surface area contributed by atoms with Gasteiger partial charge in [0.2, 0.25) is 0 Å². The van der Waals surface area contributed by atoms with Crippen molar-refractivity contribution < 1.29 is 4.39 Å². The number of benzene rings is 2. The van der Waals surface area contributed by atoms with Crippen molar-refractivity contribution in [3.8, 4) is 0 Å². The van der Waals surface area contributed by atoms with Crippen LogP contribution in [0, 0.1) is 11.7 Å². The summed E-state index contributed by atoms with van der Waals surface area (Å²) in [6, 6.07) is 15.8. The molecule has 0 heterocycles. The minimum absolute atomic E-state index is 0.150. The molecule has 2 aromatic carbocycles. The van der Waals surface area contributed by atoms with Crippen molar-refractivity contribution in [3.63, 3.8) is 0 Å². The van der Waals surface area contributed by atoms with E-state index in [-0.39, 0.29) is 5.82 Å². The molecule has 0 saturated heterocycles. The Morgan fingerprint density at radius 1 is 0.952 bits per heavy atom. The predicted octanol–water partition coefficient (Wildman–Crippen LogP) is 4.01. The molecule has 1 atom stereocenters. The second-order valence-electron chi connectivity index (χ2n) is 5.63. The lowest BCUT2D eigenvalue weighted by atomic mass is 9.92. The average Bonchev–Trinajstić information content (AvgIpc) is 2.48. The van der Waals surface area contributed by atoms with Crippen molar-refractivity contribution in [2.45, 2.75) is 26.2 Å². The van der Waals surface area contributed by atoms with Crippen LogP contribution in [0.5, 0.6) is 0 Å². The maximum atomic E-state index is 13.3. The van der Waals surface area contributed by atoms with E-state index in [1.165, 1.54) is 17.2 Å². The van der Waals surface area contributed by atoms with Crippen LogP contribution in [-0.2, 0) is 19.3 Å². The average molecular weight is 285 g/mol. The highest BCUT2D eigenvalue weighted by Gasteiger charge is 2.10. The van der Waals surface area contributed by atoms with E-state index in [4.69, 9.17) is 0 Å². The van der Waals surface area contributed by atoms with Crippen molar-refractivity contribution in [3.05, 3.63) is 71.0 Å². The minimum atomic E-state index is -0.150. The molecule has 1 nitrogen and oxygen atoms in total. The summed E-state index contributed by atoms with van der Waals surface area (Å²) in [5.41, 5.74) is 3.79. The molecule has 0 aliphatic heterocycles. The largest absolute Gasteiger partial charge is 0.319 e. The fourth-order valence-electron chi connectivity index (χ4n) is 2.75. The summed E-state index contributed by atoms with van der Waals surface area (Å²) in [6.45, 7) is 3.11. The molecule has 0 aliphatic rings. The predicted molar refractivity (Wildman–Crippen MR) is 87.0 cm³/mol. The van der Waals surface area contributed by atoms with E-state index in [1.807, 2.05) is 13.1 Å². The van der Waals surface area contributed by atoms with Crippen molar-refractivity contribution in [1.29, 1.82) is 0 Å². The molecule has 0 aliphatic carbocycles. The number of rotatable bonds is 7. The molecule has 2 rings (SSSR count). The van der Waals surface area contributed by atoms with E-state index in [2.05, 4.69) is 36.5 Å². The van der Waals surface area contributed by atoms with Crippen LogP contribution >= 0.6 is 0 Å². The zero-order valence-corrected chi connectivity index (χ0v) is 12.9. The first-order valence-corrected chi connectivity index (χ1v) is 7.68. The summed E-state index contributed by atoms with van der Waals surface area (Å²) in [4.78, 5) is 0.